The van der Waals surface area contributed by atoms with Crippen molar-refractivity contribution in [2.75, 3.05) is 0 Å². The topological polar surface area (TPSA) is 28.7 Å². The zero-order chi connectivity index (χ0) is 44.9. The summed E-state index contributed by atoms with van der Waals surface area (Å²) in [6.45, 7) is 9.50. The largest absolute Gasteiger partial charge is 0.309 e. The fraction of sp³-hybridized carbons (Fsp3) is 0.0923. The molecule has 2 aliphatic rings. The average molecular weight is 853 g/mol. The molecule has 0 N–H and O–H groups in total. The van der Waals surface area contributed by atoms with Crippen molar-refractivity contribution in [2.45, 2.75) is 38.5 Å². The van der Waals surface area contributed by atoms with Gasteiger partial charge in [-0.1, -0.05) is 173 Å². The van der Waals surface area contributed by atoms with E-state index in [0.29, 0.717) is 5.56 Å². The first kappa shape index (κ1) is 38.1. The molecule has 12 aromatic rings. The van der Waals surface area contributed by atoms with Crippen molar-refractivity contribution in [1.29, 1.82) is 5.26 Å². The second-order valence-electron chi connectivity index (χ2n) is 19.9. The van der Waals surface area contributed by atoms with Crippen molar-refractivity contribution >= 4 is 54.1 Å². The Labute approximate surface area is 390 Å². The number of hydrogen-bond donors (Lipinski definition) is 0. The zero-order valence-electron chi connectivity index (χ0n) is 37.9. The van der Waals surface area contributed by atoms with Crippen molar-refractivity contribution in [3.63, 3.8) is 0 Å². The Morgan fingerprint density at radius 3 is 1.45 bits per heavy atom. The van der Waals surface area contributed by atoms with Gasteiger partial charge in [-0.2, -0.15) is 5.26 Å². The summed E-state index contributed by atoms with van der Waals surface area (Å²) in [5.74, 6) is 0. The van der Waals surface area contributed by atoms with Crippen molar-refractivity contribution in [3.8, 4) is 67.4 Å². The third-order valence-electron chi connectivity index (χ3n) is 15.8. The van der Waals surface area contributed by atoms with Gasteiger partial charge >= 0.3 is 0 Å². The van der Waals surface area contributed by atoms with Crippen LogP contribution in [0.5, 0.6) is 0 Å². The second-order valence-corrected chi connectivity index (χ2v) is 19.9. The molecule has 0 fully saturated rings. The maximum absolute atomic E-state index is 10.3. The minimum Gasteiger partial charge on any atom is -0.309 e. The Kier molecular flexibility index (Phi) is 7.62. The molecule has 11 aromatic carbocycles. The molecule has 0 spiro atoms. The van der Waals surface area contributed by atoms with Crippen LogP contribution in [0.2, 0.25) is 0 Å². The SMILES string of the molecule is CC1(C)c2ccccc2-c2ccc(-c3c4ccccc4c(-c4ccc5c(c4)C(C)(C)c4ccccc4-5)c4cc(-c5ccc6c7c5ccc5c(C#N)ccc(c57)n6-c5ccccc5)ccc34)cc21. The fourth-order valence-electron chi connectivity index (χ4n) is 12.6. The highest BCUT2D eigenvalue weighted by Crippen LogP contribution is 2.54. The normalized spacial score (nSPS) is 14.2. The summed E-state index contributed by atoms with van der Waals surface area (Å²) < 4.78 is 2.36. The van der Waals surface area contributed by atoms with Crippen LogP contribution in [0.3, 0.4) is 0 Å². The Morgan fingerprint density at radius 2 is 0.821 bits per heavy atom. The molecule has 0 saturated carbocycles. The van der Waals surface area contributed by atoms with E-state index in [2.05, 4.69) is 226 Å². The number of fused-ring (bicyclic) bond motifs is 8. The van der Waals surface area contributed by atoms with Crippen molar-refractivity contribution in [2.24, 2.45) is 0 Å². The van der Waals surface area contributed by atoms with E-state index in [1.807, 2.05) is 6.07 Å². The molecule has 0 atom stereocenters. The fourth-order valence-corrected chi connectivity index (χ4v) is 12.6. The zero-order valence-corrected chi connectivity index (χ0v) is 37.9. The highest BCUT2D eigenvalue weighted by molar-refractivity contribution is 6.28. The maximum Gasteiger partial charge on any atom is 0.0998 e. The molecule has 0 radical (unpaired) electrons. The summed E-state index contributed by atoms with van der Waals surface area (Å²) in [5.41, 5.74) is 21.9. The molecule has 0 bridgehead atoms. The van der Waals surface area contributed by atoms with Crippen LogP contribution in [0, 0.1) is 11.3 Å². The van der Waals surface area contributed by atoms with E-state index in [9.17, 15) is 5.26 Å². The third kappa shape index (κ3) is 5.04. The van der Waals surface area contributed by atoms with Crippen LogP contribution in [-0.2, 0) is 10.8 Å². The first-order chi connectivity index (χ1) is 32.7. The van der Waals surface area contributed by atoms with Gasteiger partial charge in [0, 0.05) is 32.7 Å². The lowest BCUT2D eigenvalue weighted by molar-refractivity contribution is 0.660. The molecule has 314 valence electrons. The highest BCUT2D eigenvalue weighted by Gasteiger charge is 2.37. The molecule has 1 heterocycles. The highest BCUT2D eigenvalue weighted by atomic mass is 15.0. The molecule has 2 heteroatoms. The Balaban J connectivity index is 1.06. The molecule has 0 amide bonds. The number of nitrogens with zero attached hydrogens (tertiary/aromatic N) is 2. The lowest BCUT2D eigenvalue weighted by Gasteiger charge is -2.24. The second kappa shape index (κ2) is 13.4. The number of hydrogen-bond acceptors (Lipinski definition) is 1. The molecule has 0 unspecified atom stereocenters. The molecule has 0 saturated heterocycles. The van der Waals surface area contributed by atoms with Crippen molar-refractivity contribution in [3.05, 3.63) is 222 Å². The van der Waals surface area contributed by atoms with E-state index in [0.717, 1.165) is 33.1 Å². The van der Waals surface area contributed by atoms with Gasteiger partial charge in [-0.25, -0.2) is 0 Å². The Hall–Kier alpha value is -8.25. The van der Waals surface area contributed by atoms with Crippen molar-refractivity contribution in [1.82, 2.24) is 4.57 Å². The van der Waals surface area contributed by atoms with Crippen LogP contribution < -0.4 is 0 Å². The van der Waals surface area contributed by atoms with E-state index in [1.165, 1.54) is 105 Å². The summed E-state index contributed by atoms with van der Waals surface area (Å²) in [6.07, 6.45) is 0. The summed E-state index contributed by atoms with van der Waals surface area (Å²) in [5, 5.41) is 19.8. The molecule has 1 aromatic heterocycles. The van der Waals surface area contributed by atoms with E-state index in [-0.39, 0.29) is 10.8 Å². The summed E-state index contributed by atoms with van der Waals surface area (Å²) in [6, 6.07) is 74.8. The van der Waals surface area contributed by atoms with Gasteiger partial charge in [0.25, 0.3) is 0 Å². The number of para-hydroxylation sites is 1. The molecule has 67 heavy (non-hydrogen) atoms. The van der Waals surface area contributed by atoms with Gasteiger partial charge in [-0.05, 0) is 153 Å². The van der Waals surface area contributed by atoms with Gasteiger partial charge in [-0.3, -0.25) is 0 Å². The first-order valence-corrected chi connectivity index (χ1v) is 23.5. The van der Waals surface area contributed by atoms with Gasteiger partial charge in [0.1, 0.15) is 0 Å². The number of benzene rings is 11. The summed E-state index contributed by atoms with van der Waals surface area (Å²) in [4.78, 5) is 0. The van der Waals surface area contributed by atoms with Crippen LogP contribution in [0.4, 0.5) is 0 Å². The first-order valence-electron chi connectivity index (χ1n) is 23.5. The quantitative estimate of drug-likeness (QED) is 0.128. The van der Waals surface area contributed by atoms with Crippen LogP contribution in [0.25, 0.3) is 115 Å². The third-order valence-corrected chi connectivity index (χ3v) is 15.8. The molecule has 2 nitrogen and oxygen atoms in total. The lowest BCUT2D eigenvalue weighted by Crippen LogP contribution is -2.15. The monoisotopic (exact) mass is 852 g/mol. The van der Waals surface area contributed by atoms with Gasteiger partial charge in [-0.15, -0.1) is 0 Å². The van der Waals surface area contributed by atoms with Crippen molar-refractivity contribution < 1.29 is 0 Å². The van der Waals surface area contributed by atoms with Gasteiger partial charge in [0.05, 0.1) is 22.7 Å². The van der Waals surface area contributed by atoms with E-state index < -0.39 is 0 Å². The summed E-state index contributed by atoms with van der Waals surface area (Å²) >= 11 is 0. The van der Waals surface area contributed by atoms with Gasteiger partial charge in [0.15, 0.2) is 0 Å². The Morgan fingerprint density at radius 1 is 0.358 bits per heavy atom. The van der Waals surface area contributed by atoms with Crippen LogP contribution in [-0.4, -0.2) is 4.57 Å². The number of nitriles is 1. The number of aromatic nitrogens is 1. The van der Waals surface area contributed by atoms with E-state index in [4.69, 9.17) is 0 Å². The average Bonchev–Trinajstić information content (AvgIpc) is 3.92. The molecule has 2 aliphatic carbocycles. The molecular weight excluding hydrogens is 809 g/mol. The van der Waals surface area contributed by atoms with Crippen LogP contribution >= 0.6 is 0 Å². The predicted octanol–water partition coefficient (Wildman–Crippen LogP) is 17.2. The van der Waals surface area contributed by atoms with Gasteiger partial charge in [0.2, 0.25) is 0 Å². The van der Waals surface area contributed by atoms with Gasteiger partial charge < -0.3 is 4.57 Å². The maximum atomic E-state index is 10.3. The minimum atomic E-state index is -0.138. The minimum absolute atomic E-state index is 0.125. The van der Waals surface area contributed by atoms with Crippen LogP contribution in [0.1, 0.15) is 55.5 Å². The lowest BCUT2D eigenvalue weighted by atomic mass is 9.79. The van der Waals surface area contributed by atoms with E-state index in [1.54, 1.807) is 0 Å². The summed E-state index contributed by atoms with van der Waals surface area (Å²) in [7, 11) is 0. The Bertz CT molecular complexity index is 4150. The predicted molar refractivity (Wildman–Crippen MR) is 281 cm³/mol. The number of rotatable bonds is 4. The molecular formula is C65H44N2. The van der Waals surface area contributed by atoms with E-state index >= 15 is 0 Å². The smallest absolute Gasteiger partial charge is 0.0998 e. The standard InChI is InChI=1S/C65H44N2/c1-64(2)54-20-12-10-16-45(54)47-26-23-39(35-56(47)64)60-49-18-8-9-19-50(49)61(40-24-27-48-46-17-11-13-21-55(46)65(3,4)57(48)36-40)53-34-38(22-28-52(53)60)43-31-33-59-63-51(43)30-29-44-41(37-66)25-32-58(62(44)63)67(59)42-14-6-5-7-15-42/h5-36H,1-4H3. The van der Waals surface area contributed by atoms with Crippen LogP contribution in [0.15, 0.2) is 194 Å². The molecule has 0 aliphatic heterocycles. The molecule has 14 rings (SSSR count).